The van der Waals surface area contributed by atoms with Gasteiger partial charge in [0.25, 0.3) is 0 Å². The third kappa shape index (κ3) is 1.63. The number of rotatable bonds is 0. The van der Waals surface area contributed by atoms with Crippen LogP contribution in [-0.2, 0) is 9.53 Å². The topological polar surface area (TPSA) is 66.8 Å². The highest BCUT2D eigenvalue weighted by Crippen LogP contribution is 2.56. The van der Waals surface area contributed by atoms with Gasteiger partial charge < -0.3 is 14.9 Å². The summed E-state index contributed by atoms with van der Waals surface area (Å²) in [6.07, 6.45) is 0.179. The summed E-state index contributed by atoms with van der Waals surface area (Å²) in [7, 11) is 0. The number of carbonyl (C=O) groups excluding carboxylic acids is 1. The van der Waals surface area contributed by atoms with Gasteiger partial charge in [0.15, 0.2) is 0 Å². The minimum absolute atomic E-state index is 0.000162. The van der Waals surface area contributed by atoms with Gasteiger partial charge in [-0.25, -0.2) is 4.79 Å². The largest absolute Gasteiger partial charge is 0.458 e. The number of aliphatic hydroxyl groups is 2. The quantitative estimate of drug-likeness (QED) is 0.392. The Morgan fingerprint density at radius 1 is 1.32 bits per heavy atom. The molecule has 19 heavy (non-hydrogen) atoms. The molecule has 0 unspecified atom stereocenters. The number of fused-ring (bicyclic) bond motifs is 2. The van der Waals surface area contributed by atoms with Crippen molar-refractivity contribution in [1.29, 1.82) is 0 Å². The first kappa shape index (κ1) is 12.9. The maximum Gasteiger partial charge on any atom is 0.334 e. The molecule has 3 fully saturated rings. The van der Waals surface area contributed by atoms with E-state index < -0.39 is 12.2 Å². The average Bonchev–Trinajstić information content (AvgIpc) is 2.61. The molecular formula is C15H20O4. The van der Waals surface area contributed by atoms with Crippen molar-refractivity contribution in [3.05, 3.63) is 24.3 Å². The second-order valence-corrected chi connectivity index (χ2v) is 6.42. The second-order valence-electron chi connectivity index (χ2n) is 6.42. The molecule has 1 heterocycles. The Morgan fingerprint density at radius 3 is 2.68 bits per heavy atom. The zero-order valence-corrected chi connectivity index (χ0v) is 11.1. The molecule has 0 aromatic heterocycles. The fourth-order valence-corrected chi connectivity index (χ4v) is 4.06. The first-order valence-corrected chi connectivity index (χ1v) is 6.79. The molecular weight excluding hydrogens is 244 g/mol. The first-order chi connectivity index (χ1) is 8.84. The normalized spacial score (nSPS) is 49.6. The summed E-state index contributed by atoms with van der Waals surface area (Å²) < 4.78 is 5.36. The molecule has 0 aromatic carbocycles. The van der Waals surface area contributed by atoms with E-state index in [2.05, 4.69) is 13.2 Å². The van der Waals surface area contributed by atoms with E-state index in [1.165, 1.54) is 0 Å². The van der Waals surface area contributed by atoms with Crippen LogP contribution in [0, 0.1) is 17.3 Å². The van der Waals surface area contributed by atoms with E-state index in [-0.39, 0.29) is 29.3 Å². The lowest BCUT2D eigenvalue weighted by Crippen LogP contribution is -2.54. The molecule has 1 saturated heterocycles. The number of esters is 1. The zero-order chi connectivity index (χ0) is 13.9. The van der Waals surface area contributed by atoms with Crippen molar-refractivity contribution >= 4 is 5.97 Å². The summed E-state index contributed by atoms with van der Waals surface area (Å²) in [5.41, 5.74) is 0.926. The van der Waals surface area contributed by atoms with Crippen molar-refractivity contribution in [3.8, 4) is 0 Å². The average molecular weight is 264 g/mol. The van der Waals surface area contributed by atoms with Crippen molar-refractivity contribution in [3.63, 3.8) is 0 Å². The van der Waals surface area contributed by atoms with E-state index in [9.17, 15) is 15.0 Å². The van der Waals surface area contributed by atoms with Crippen LogP contribution in [0.3, 0.4) is 0 Å². The lowest BCUT2D eigenvalue weighted by atomic mass is 9.54. The van der Waals surface area contributed by atoms with Crippen LogP contribution in [-0.4, -0.2) is 34.5 Å². The molecule has 4 heteroatoms. The van der Waals surface area contributed by atoms with Crippen molar-refractivity contribution in [2.24, 2.45) is 17.3 Å². The molecule has 0 amide bonds. The summed E-state index contributed by atoms with van der Waals surface area (Å²) in [5.74, 6) is -0.309. The Labute approximate surface area is 112 Å². The number of hydrogen-bond acceptors (Lipinski definition) is 4. The van der Waals surface area contributed by atoms with Crippen LogP contribution in [0.2, 0.25) is 0 Å². The van der Waals surface area contributed by atoms with Crippen LogP contribution >= 0.6 is 0 Å². The summed E-state index contributed by atoms with van der Waals surface area (Å²) in [6.45, 7) is 9.82. The highest BCUT2D eigenvalue weighted by Gasteiger charge is 2.57. The molecule has 2 saturated carbocycles. The van der Waals surface area contributed by atoms with Crippen molar-refractivity contribution < 1.29 is 19.7 Å². The maximum absolute atomic E-state index is 11.6. The van der Waals surface area contributed by atoms with Crippen LogP contribution in [0.1, 0.15) is 26.2 Å². The molecule has 3 rings (SSSR count). The van der Waals surface area contributed by atoms with E-state index in [0.717, 1.165) is 5.57 Å². The third-order valence-electron chi connectivity index (χ3n) is 5.43. The predicted molar refractivity (Wildman–Crippen MR) is 69.1 cm³/mol. The zero-order valence-electron chi connectivity index (χ0n) is 11.1. The summed E-state index contributed by atoms with van der Waals surface area (Å²) in [4.78, 5) is 11.6. The van der Waals surface area contributed by atoms with Gasteiger partial charge >= 0.3 is 5.97 Å². The lowest BCUT2D eigenvalue weighted by molar-refractivity contribution is -0.148. The minimum atomic E-state index is -0.657. The van der Waals surface area contributed by atoms with Crippen molar-refractivity contribution in [1.82, 2.24) is 0 Å². The smallest absolute Gasteiger partial charge is 0.334 e. The summed E-state index contributed by atoms with van der Waals surface area (Å²) >= 11 is 0. The molecule has 1 aliphatic heterocycles. The molecule has 2 aliphatic carbocycles. The van der Waals surface area contributed by atoms with Crippen LogP contribution < -0.4 is 0 Å². The van der Waals surface area contributed by atoms with Crippen molar-refractivity contribution in [2.45, 2.75) is 44.5 Å². The molecule has 0 spiro atoms. The van der Waals surface area contributed by atoms with E-state index >= 15 is 0 Å². The fraction of sp³-hybridized carbons (Fsp3) is 0.667. The van der Waals surface area contributed by atoms with Gasteiger partial charge in [0.2, 0.25) is 0 Å². The van der Waals surface area contributed by atoms with Crippen LogP contribution in [0.5, 0.6) is 0 Å². The fourth-order valence-electron chi connectivity index (χ4n) is 4.06. The monoisotopic (exact) mass is 264 g/mol. The van der Waals surface area contributed by atoms with Crippen LogP contribution in [0.25, 0.3) is 0 Å². The van der Waals surface area contributed by atoms with E-state index in [1.54, 1.807) is 0 Å². The van der Waals surface area contributed by atoms with Gasteiger partial charge in [0.1, 0.15) is 6.10 Å². The van der Waals surface area contributed by atoms with Crippen LogP contribution in [0.4, 0.5) is 0 Å². The molecule has 3 aliphatic rings. The number of ether oxygens (including phenoxy) is 1. The van der Waals surface area contributed by atoms with E-state index in [0.29, 0.717) is 24.8 Å². The van der Waals surface area contributed by atoms with Gasteiger partial charge in [0.05, 0.1) is 12.2 Å². The Kier molecular flexibility index (Phi) is 2.67. The molecule has 6 atom stereocenters. The highest BCUT2D eigenvalue weighted by atomic mass is 16.6. The summed E-state index contributed by atoms with van der Waals surface area (Å²) in [5, 5.41) is 20.3. The Balaban J connectivity index is 1.95. The van der Waals surface area contributed by atoms with Crippen molar-refractivity contribution in [2.75, 3.05) is 0 Å². The predicted octanol–water partition coefficient (Wildman–Crippen LogP) is 1.18. The van der Waals surface area contributed by atoms with Gasteiger partial charge in [-0.15, -0.1) is 0 Å². The number of hydrogen-bond donors (Lipinski definition) is 2. The van der Waals surface area contributed by atoms with Gasteiger partial charge in [-0.05, 0) is 24.3 Å². The van der Waals surface area contributed by atoms with Gasteiger partial charge in [-0.1, -0.05) is 20.1 Å². The van der Waals surface area contributed by atoms with Gasteiger partial charge in [-0.2, -0.15) is 0 Å². The Morgan fingerprint density at radius 2 is 2.00 bits per heavy atom. The van der Waals surface area contributed by atoms with Gasteiger partial charge in [-0.3, -0.25) is 0 Å². The van der Waals surface area contributed by atoms with E-state index in [4.69, 9.17) is 4.74 Å². The SMILES string of the molecule is C=C1C(=O)O[C@@H]2C[C@@]3(C)[C@@H](O)C[C@@H](O)C(=C)[C@@H]3C[C@H]12. The molecule has 0 aromatic rings. The Bertz CT molecular complexity index is 469. The number of carbonyl (C=O) groups is 1. The first-order valence-electron chi connectivity index (χ1n) is 6.79. The number of aliphatic hydroxyl groups excluding tert-OH is 2. The minimum Gasteiger partial charge on any atom is -0.458 e. The molecule has 4 nitrogen and oxygen atoms in total. The van der Waals surface area contributed by atoms with Crippen LogP contribution in [0.15, 0.2) is 24.3 Å². The molecule has 0 bridgehead atoms. The van der Waals surface area contributed by atoms with E-state index in [1.807, 2.05) is 6.92 Å². The summed E-state index contributed by atoms with van der Waals surface area (Å²) in [6, 6.07) is 0. The molecule has 2 N–H and O–H groups in total. The molecule has 0 radical (unpaired) electrons. The standard InChI is InChI=1S/C15H20O4/c1-7-9-4-10-8(2)11(16)5-13(17)15(10,3)6-12(9)19-14(7)18/h9-13,16-17H,1-2,4-6H2,3H3/t9-,10+,11-,12-,13+,15-/m1/s1. The maximum atomic E-state index is 11.6. The third-order valence-corrected chi connectivity index (χ3v) is 5.43. The highest BCUT2D eigenvalue weighted by molar-refractivity contribution is 5.90. The molecule has 104 valence electrons. The van der Waals surface area contributed by atoms with Gasteiger partial charge in [0, 0.05) is 23.3 Å². The Hall–Kier alpha value is -1.13. The lowest BCUT2D eigenvalue weighted by Gasteiger charge is -2.53. The second kappa shape index (κ2) is 3.93.